The predicted octanol–water partition coefficient (Wildman–Crippen LogP) is 2.57. The molecule has 3 nitrogen and oxygen atoms in total. The predicted molar refractivity (Wildman–Crippen MR) is 62.6 cm³/mol. The first-order valence-electron chi connectivity index (χ1n) is 4.68. The number of aromatic nitrogens is 2. The van der Waals surface area contributed by atoms with Crippen LogP contribution in [0.4, 0.5) is 0 Å². The highest BCUT2D eigenvalue weighted by Gasteiger charge is 2.07. The maximum atomic E-state index is 9.78. The Morgan fingerprint density at radius 1 is 1.47 bits per heavy atom. The second-order valence-corrected chi connectivity index (χ2v) is 4.16. The fourth-order valence-corrected chi connectivity index (χ4v) is 1.68. The molecule has 1 heterocycles. The summed E-state index contributed by atoms with van der Waals surface area (Å²) in [6.45, 7) is 1.93. The van der Waals surface area contributed by atoms with Crippen LogP contribution in [0, 0.1) is 0 Å². The minimum Gasteiger partial charge on any atom is -0.508 e. The van der Waals surface area contributed by atoms with Crippen LogP contribution in [-0.4, -0.2) is 14.7 Å². The highest BCUT2D eigenvalue weighted by Crippen LogP contribution is 2.29. The van der Waals surface area contributed by atoms with Gasteiger partial charge in [-0.25, -0.2) is 4.98 Å². The smallest absolute Gasteiger partial charge is 0.121 e. The first-order valence-corrected chi connectivity index (χ1v) is 5.19. The van der Waals surface area contributed by atoms with Gasteiger partial charge in [-0.3, -0.25) is 0 Å². The Labute approximate surface area is 93.8 Å². The summed E-state index contributed by atoms with van der Waals surface area (Å²) in [6, 6.07) is 5.52. The van der Waals surface area contributed by atoms with Gasteiger partial charge in [0.25, 0.3) is 0 Å². The van der Waals surface area contributed by atoms with E-state index in [0.29, 0.717) is 0 Å². The standard InChI is InChI=1S/C11H12N2OS/c1-8(15)10-3-2-9(6-11(10)14)13-5-4-12-7-13/h2-8,14-15H,1H3. The van der Waals surface area contributed by atoms with Crippen LogP contribution in [0.15, 0.2) is 36.9 Å². The lowest BCUT2D eigenvalue weighted by Crippen LogP contribution is -1.92. The Bertz CT molecular complexity index is 452. The van der Waals surface area contributed by atoms with Crippen LogP contribution in [0.25, 0.3) is 5.69 Å². The van der Waals surface area contributed by atoms with Gasteiger partial charge in [0.15, 0.2) is 0 Å². The van der Waals surface area contributed by atoms with Crippen molar-refractivity contribution < 1.29 is 5.11 Å². The number of rotatable bonds is 2. The summed E-state index contributed by atoms with van der Waals surface area (Å²) in [4.78, 5) is 3.95. The van der Waals surface area contributed by atoms with Crippen molar-refractivity contribution in [2.24, 2.45) is 0 Å². The van der Waals surface area contributed by atoms with E-state index in [1.807, 2.05) is 29.8 Å². The zero-order chi connectivity index (χ0) is 10.8. The number of thiol groups is 1. The molecular formula is C11H12N2OS. The molecule has 1 aromatic carbocycles. The van der Waals surface area contributed by atoms with Gasteiger partial charge < -0.3 is 9.67 Å². The lowest BCUT2D eigenvalue weighted by molar-refractivity contribution is 0.468. The number of benzene rings is 1. The van der Waals surface area contributed by atoms with Crippen LogP contribution in [0.5, 0.6) is 5.75 Å². The average molecular weight is 220 g/mol. The Balaban J connectivity index is 2.42. The highest BCUT2D eigenvalue weighted by molar-refractivity contribution is 7.80. The van der Waals surface area contributed by atoms with Crippen molar-refractivity contribution in [1.82, 2.24) is 9.55 Å². The number of hydrogen-bond acceptors (Lipinski definition) is 3. The molecule has 0 amide bonds. The maximum Gasteiger partial charge on any atom is 0.121 e. The SMILES string of the molecule is CC(S)c1ccc(-n2ccnc2)cc1O. The van der Waals surface area contributed by atoms with Crippen molar-refractivity contribution in [3.63, 3.8) is 0 Å². The van der Waals surface area contributed by atoms with Gasteiger partial charge in [0.1, 0.15) is 5.75 Å². The van der Waals surface area contributed by atoms with Crippen molar-refractivity contribution >= 4 is 12.6 Å². The third-order valence-corrected chi connectivity index (χ3v) is 2.54. The molecule has 15 heavy (non-hydrogen) atoms. The van der Waals surface area contributed by atoms with Gasteiger partial charge in [-0.05, 0) is 13.0 Å². The van der Waals surface area contributed by atoms with E-state index in [1.165, 1.54) is 0 Å². The summed E-state index contributed by atoms with van der Waals surface area (Å²) in [6.07, 6.45) is 5.23. The molecule has 4 heteroatoms. The lowest BCUT2D eigenvalue weighted by atomic mass is 10.1. The molecule has 2 aromatic rings. The number of imidazole rings is 1. The molecule has 2 rings (SSSR count). The van der Waals surface area contributed by atoms with E-state index in [4.69, 9.17) is 0 Å². The van der Waals surface area contributed by atoms with E-state index >= 15 is 0 Å². The zero-order valence-electron chi connectivity index (χ0n) is 8.33. The molecular weight excluding hydrogens is 208 g/mol. The van der Waals surface area contributed by atoms with Gasteiger partial charge in [-0.1, -0.05) is 6.07 Å². The zero-order valence-corrected chi connectivity index (χ0v) is 9.22. The highest BCUT2D eigenvalue weighted by atomic mass is 32.1. The Morgan fingerprint density at radius 3 is 2.80 bits per heavy atom. The first-order chi connectivity index (χ1) is 7.18. The van der Waals surface area contributed by atoms with Crippen molar-refractivity contribution in [1.29, 1.82) is 0 Å². The van der Waals surface area contributed by atoms with Crippen LogP contribution >= 0.6 is 12.6 Å². The van der Waals surface area contributed by atoms with Crippen LogP contribution < -0.4 is 0 Å². The van der Waals surface area contributed by atoms with Crippen molar-refractivity contribution in [3.05, 3.63) is 42.5 Å². The molecule has 0 bridgehead atoms. The number of aromatic hydroxyl groups is 1. The molecule has 0 fully saturated rings. The topological polar surface area (TPSA) is 38.0 Å². The summed E-state index contributed by atoms with van der Waals surface area (Å²) in [5.74, 6) is 0.267. The molecule has 1 atom stereocenters. The van der Waals surface area contributed by atoms with Crippen LogP contribution in [0.1, 0.15) is 17.7 Å². The van der Waals surface area contributed by atoms with Crippen molar-refractivity contribution in [2.45, 2.75) is 12.2 Å². The summed E-state index contributed by atoms with van der Waals surface area (Å²) in [5.41, 5.74) is 1.73. The van der Waals surface area contributed by atoms with E-state index in [-0.39, 0.29) is 11.0 Å². The minimum absolute atomic E-state index is 0.0295. The Kier molecular flexibility index (Phi) is 2.68. The second-order valence-electron chi connectivity index (χ2n) is 3.39. The van der Waals surface area contributed by atoms with Gasteiger partial charge >= 0.3 is 0 Å². The van der Waals surface area contributed by atoms with Gasteiger partial charge in [0, 0.05) is 29.3 Å². The van der Waals surface area contributed by atoms with E-state index < -0.39 is 0 Å². The molecule has 0 saturated carbocycles. The molecule has 1 aromatic heterocycles. The molecule has 1 N–H and O–H groups in total. The van der Waals surface area contributed by atoms with E-state index in [1.54, 1.807) is 18.6 Å². The van der Waals surface area contributed by atoms with Gasteiger partial charge in [0.2, 0.25) is 0 Å². The van der Waals surface area contributed by atoms with Crippen LogP contribution in [0.3, 0.4) is 0 Å². The Hall–Kier alpha value is -1.42. The van der Waals surface area contributed by atoms with Crippen molar-refractivity contribution in [2.75, 3.05) is 0 Å². The molecule has 0 aliphatic heterocycles. The lowest BCUT2D eigenvalue weighted by Gasteiger charge is -2.09. The molecule has 0 aliphatic rings. The van der Waals surface area contributed by atoms with Crippen LogP contribution in [0.2, 0.25) is 0 Å². The molecule has 0 radical (unpaired) electrons. The van der Waals surface area contributed by atoms with Gasteiger partial charge in [0.05, 0.1) is 12.0 Å². The summed E-state index contributed by atoms with van der Waals surface area (Å²) < 4.78 is 1.84. The quantitative estimate of drug-likeness (QED) is 0.763. The number of phenols is 1. The number of hydrogen-bond donors (Lipinski definition) is 2. The molecule has 0 saturated heterocycles. The monoisotopic (exact) mass is 220 g/mol. The molecule has 78 valence electrons. The average Bonchev–Trinajstić information content (AvgIpc) is 2.69. The van der Waals surface area contributed by atoms with Crippen LogP contribution in [-0.2, 0) is 0 Å². The van der Waals surface area contributed by atoms with Gasteiger partial charge in [-0.2, -0.15) is 12.6 Å². The number of nitrogens with zero attached hydrogens (tertiary/aromatic N) is 2. The first kappa shape index (κ1) is 10.1. The van der Waals surface area contributed by atoms with Crippen molar-refractivity contribution in [3.8, 4) is 11.4 Å². The summed E-state index contributed by atoms with van der Waals surface area (Å²) in [7, 11) is 0. The summed E-state index contributed by atoms with van der Waals surface area (Å²) in [5, 5.41) is 9.81. The Morgan fingerprint density at radius 2 is 2.27 bits per heavy atom. The molecule has 0 aliphatic carbocycles. The molecule has 0 spiro atoms. The normalized spacial score (nSPS) is 12.7. The molecule has 1 unspecified atom stereocenters. The fourth-order valence-electron chi connectivity index (χ4n) is 1.46. The van der Waals surface area contributed by atoms with Gasteiger partial charge in [-0.15, -0.1) is 0 Å². The third kappa shape index (κ3) is 1.99. The fraction of sp³-hybridized carbons (Fsp3) is 0.182. The van der Waals surface area contributed by atoms with E-state index in [2.05, 4.69) is 17.6 Å². The second kappa shape index (κ2) is 3.98. The minimum atomic E-state index is 0.0295. The summed E-state index contributed by atoms with van der Waals surface area (Å²) >= 11 is 4.29. The maximum absolute atomic E-state index is 9.78. The van der Waals surface area contributed by atoms with E-state index in [0.717, 1.165) is 11.3 Å². The largest absolute Gasteiger partial charge is 0.508 e. The third-order valence-electron chi connectivity index (χ3n) is 2.27. The number of phenolic OH excluding ortho intramolecular Hbond substituents is 1. The van der Waals surface area contributed by atoms with E-state index in [9.17, 15) is 5.11 Å².